The van der Waals surface area contributed by atoms with Crippen LogP contribution in [0.3, 0.4) is 0 Å². The van der Waals surface area contributed by atoms with Crippen molar-refractivity contribution in [1.82, 2.24) is 14.9 Å². The number of rotatable bonds is 4. The topological polar surface area (TPSA) is 64.8 Å². The highest BCUT2D eigenvalue weighted by atomic mass is 15.2. The quantitative estimate of drug-likeness (QED) is 0.937. The monoisotopic (exact) mass is 293 g/mol. The van der Waals surface area contributed by atoms with E-state index in [0.29, 0.717) is 17.6 Å². The van der Waals surface area contributed by atoms with Gasteiger partial charge in [-0.05, 0) is 37.1 Å². The average Bonchev–Trinajstić information content (AvgIpc) is 2.95. The molecule has 1 unspecified atom stereocenters. The predicted molar refractivity (Wildman–Crippen MR) is 85.2 cm³/mol. The van der Waals surface area contributed by atoms with Gasteiger partial charge in [0.05, 0.1) is 11.6 Å². The standard InChI is InChI=1S/C17H19N5/c1-13-6-8-19-17(20-13)21-16-7-9-22(12-16)11-15-4-2-14(10-18)3-5-15/h2-6,8,16H,7,9,11-12H2,1H3,(H,19,20,21). The van der Waals surface area contributed by atoms with Crippen LogP contribution < -0.4 is 5.32 Å². The van der Waals surface area contributed by atoms with Crippen molar-refractivity contribution < 1.29 is 0 Å². The molecule has 1 aromatic carbocycles. The van der Waals surface area contributed by atoms with Crippen LogP contribution in [-0.4, -0.2) is 34.0 Å². The second kappa shape index (κ2) is 6.54. The van der Waals surface area contributed by atoms with E-state index >= 15 is 0 Å². The molecule has 0 aliphatic carbocycles. The minimum absolute atomic E-state index is 0.389. The maximum atomic E-state index is 8.83. The Labute approximate surface area is 130 Å². The maximum absolute atomic E-state index is 8.83. The Morgan fingerprint density at radius 3 is 2.86 bits per heavy atom. The van der Waals surface area contributed by atoms with Crippen LogP contribution in [0.5, 0.6) is 0 Å². The van der Waals surface area contributed by atoms with E-state index in [1.165, 1.54) is 5.56 Å². The van der Waals surface area contributed by atoms with Crippen molar-refractivity contribution in [3.8, 4) is 6.07 Å². The second-order valence-corrected chi connectivity index (χ2v) is 5.70. The summed E-state index contributed by atoms with van der Waals surface area (Å²) in [6, 6.07) is 12.3. The van der Waals surface area contributed by atoms with Gasteiger partial charge in [0.15, 0.2) is 0 Å². The Morgan fingerprint density at radius 2 is 2.14 bits per heavy atom. The summed E-state index contributed by atoms with van der Waals surface area (Å²) in [6.07, 6.45) is 2.88. The number of hydrogen-bond donors (Lipinski definition) is 1. The molecular formula is C17H19N5. The van der Waals surface area contributed by atoms with E-state index in [9.17, 15) is 0 Å². The summed E-state index contributed by atoms with van der Waals surface area (Å²) in [6.45, 7) is 4.93. The summed E-state index contributed by atoms with van der Waals surface area (Å²) in [5.41, 5.74) is 2.93. The predicted octanol–water partition coefficient (Wildman–Crippen LogP) is 2.34. The van der Waals surface area contributed by atoms with Crippen molar-refractivity contribution in [2.24, 2.45) is 0 Å². The molecule has 0 amide bonds. The smallest absolute Gasteiger partial charge is 0.223 e. The third-order valence-corrected chi connectivity index (χ3v) is 3.89. The maximum Gasteiger partial charge on any atom is 0.223 e. The van der Waals surface area contributed by atoms with Gasteiger partial charge in [-0.3, -0.25) is 4.90 Å². The molecule has 0 bridgehead atoms. The number of hydrogen-bond acceptors (Lipinski definition) is 5. The summed E-state index contributed by atoms with van der Waals surface area (Å²) < 4.78 is 0. The van der Waals surface area contributed by atoms with Crippen molar-refractivity contribution in [1.29, 1.82) is 5.26 Å². The summed E-state index contributed by atoms with van der Waals surface area (Å²) in [4.78, 5) is 11.1. The lowest BCUT2D eigenvalue weighted by molar-refractivity contribution is 0.328. The van der Waals surface area contributed by atoms with E-state index in [0.717, 1.165) is 31.7 Å². The number of aryl methyl sites for hydroxylation is 1. The van der Waals surface area contributed by atoms with E-state index in [1.807, 2.05) is 37.3 Å². The molecule has 0 spiro atoms. The van der Waals surface area contributed by atoms with Crippen molar-refractivity contribution in [2.45, 2.75) is 25.9 Å². The van der Waals surface area contributed by atoms with Gasteiger partial charge < -0.3 is 5.32 Å². The van der Waals surface area contributed by atoms with Crippen molar-refractivity contribution >= 4 is 5.95 Å². The molecular weight excluding hydrogens is 274 g/mol. The van der Waals surface area contributed by atoms with E-state index < -0.39 is 0 Å². The van der Waals surface area contributed by atoms with E-state index in [2.05, 4.69) is 26.3 Å². The van der Waals surface area contributed by atoms with E-state index in [1.54, 1.807) is 6.20 Å². The number of anilines is 1. The SMILES string of the molecule is Cc1ccnc(NC2CCN(Cc3ccc(C#N)cc3)C2)n1. The number of likely N-dealkylation sites (tertiary alicyclic amines) is 1. The fourth-order valence-electron chi connectivity index (χ4n) is 2.74. The first-order valence-corrected chi connectivity index (χ1v) is 7.50. The summed E-state index contributed by atoms with van der Waals surface area (Å²) in [5.74, 6) is 0.713. The van der Waals surface area contributed by atoms with Crippen molar-refractivity contribution in [3.63, 3.8) is 0 Å². The van der Waals surface area contributed by atoms with Gasteiger partial charge >= 0.3 is 0 Å². The third kappa shape index (κ3) is 3.60. The molecule has 112 valence electrons. The largest absolute Gasteiger partial charge is 0.350 e. The minimum atomic E-state index is 0.389. The summed E-state index contributed by atoms with van der Waals surface area (Å²) in [7, 11) is 0. The number of benzene rings is 1. The Bertz CT molecular complexity index is 674. The van der Waals surface area contributed by atoms with Crippen LogP contribution >= 0.6 is 0 Å². The zero-order chi connectivity index (χ0) is 15.4. The van der Waals surface area contributed by atoms with Crippen LogP contribution in [0.2, 0.25) is 0 Å². The Balaban J connectivity index is 1.54. The van der Waals surface area contributed by atoms with Gasteiger partial charge in [0, 0.05) is 37.6 Å². The first kappa shape index (κ1) is 14.5. The van der Waals surface area contributed by atoms with Crippen LogP contribution in [0.25, 0.3) is 0 Å². The molecule has 1 saturated heterocycles. The molecule has 1 aliphatic heterocycles. The van der Waals surface area contributed by atoms with E-state index in [4.69, 9.17) is 5.26 Å². The molecule has 0 saturated carbocycles. The van der Waals surface area contributed by atoms with Gasteiger partial charge in [0.2, 0.25) is 5.95 Å². The molecule has 2 aromatic rings. The Kier molecular flexibility index (Phi) is 4.31. The fraction of sp³-hybridized carbons (Fsp3) is 0.353. The molecule has 5 nitrogen and oxygen atoms in total. The van der Waals surface area contributed by atoms with Gasteiger partial charge in [0.25, 0.3) is 0 Å². The Morgan fingerprint density at radius 1 is 1.32 bits per heavy atom. The zero-order valence-corrected chi connectivity index (χ0v) is 12.7. The molecule has 5 heteroatoms. The zero-order valence-electron chi connectivity index (χ0n) is 12.7. The molecule has 1 aliphatic rings. The molecule has 1 aromatic heterocycles. The third-order valence-electron chi connectivity index (χ3n) is 3.89. The molecule has 1 N–H and O–H groups in total. The Hall–Kier alpha value is -2.45. The highest BCUT2D eigenvalue weighted by Gasteiger charge is 2.22. The van der Waals surface area contributed by atoms with Crippen molar-refractivity contribution in [3.05, 3.63) is 53.3 Å². The van der Waals surface area contributed by atoms with Gasteiger partial charge in [0.1, 0.15) is 0 Å². The lowest BCUT2D eigenvalue weighted by atomic mass is 10.1. The molecule has 3 rings (SSSR count). The minimum Gasteiger partial charge on any atom is -0.350 e. The van der Waals surface area contributed by atoms with Crippen molar-refractivity contribution in [2.75, 3.05) is 18.4 Å². The van der Waals surface area contributed by atoms with Gasteiger partial charge in [-0.2, -0.15) is 5.26 Å². The van der Waals surface area contributed by atoms with Crippen LogP contribution in [0.1, 0.15) is 23.2 Å². The highest BCUT2D eigenvalue weighted by molar-refractivity contribution is 5.32. The molecule has 0 radical (unpaired) electrons. The molecule has 1 fully saturated rings. The number of nitriles is 1. The number of aromatic nitrogens is 2. The fourth-order valence-corrected chi connectivity index (χ4v) is 2.74. The normalized spacial score (nSPS) is 18.1. The summed E-state index contributed by atoms with van der Waals surface area (Å²) >= 11 is 0. The average molecular weight is 293 g/mol. The van der Waals surface area contributed by atoms with Crippen LogP contribution in [-0.2, 0) is 6.54 Å². The highest BCUT2D eigenvalue weighted by Crippen LogP contribution is 2.16. The lowest BCUT2D eigenvalue weighted by Gasteiger charge is -2.17. The van der Waals surface area contributed by atoms with Gasteiger partial charge in [-0.15, -0.1) is 0 Å². The molecule has 22 heavy (non-hydrogen) atoms. The van der Waals surface area contributed by atoms with E-state index in [-0.39, 0.29) is 0 Å². The van der Waals surface area contributed by atoms with Gasteiger partial charge in [-0.1, -0.05) is 12.1 Å². The number of nitrogens with zero attached hydrogens (tertiary/aromatic N) is 4. The van der Waals surface area contributed by atoms with Gasteiger partial charge in [-0.25, -0.2) is 9.97 Å². The summed E-state index contributed by atoms with van der Waals surface area (Å²) in [5, 5.41) is 12.2. The second-order valence-electron chi connectivity index (χ2n) is 5.70. The lowest BCUT2D eigenvalue weighted by Crippen LogP contribution is -2.26. The first-order chi connectivity index (χ1) is 10.7. The number of nitrogens with one attached hydrogen (secondary N) is 1. The van der Waals surface area contributed by atoms with Crippen LogP contribution in [0.15, 0.2) is 36.5 Å². The van der Waals surface area contributed by atoms with Crippen LogP contribution in [0, 0.1) is 18.3 Å². The van der Waals surface area contributed by atoms with Crippen LogP contribution in [0.4, 0.5) is 5.95 Å². The first-order valence-electron chi connectivity index (χ1n) is 7.50. The molecule has 1 atom stereocenters. The molecule has 2 heterocycles.